The lowest BCUT2D eigenvalue weighted by Gasteiger charge is -1.93. The van der Waals surface area contributed by atoms with Crippen LogP contribution in [-0.2, 0) is 13.5 Å². The van der Waals surface area contributed by atoms with Gasteiger partial charge in [0.2, 0.25) is 5.95 Å². The zero-order valence-corrected chi connectivity index (χ0v) is 6.55. The average molecular weight is 140 g/mol. The molecule has 4 heteroatoms. The highest BCUT2D eigenvalue weighted by Gasteiger charge is 2.00. The first-order valence-corrected chi connectivity index (χ1v) is 3.35. The molecule has 0 fully saturated rings. The van der Waals surface area contributed by atoms with E-state index in [1.54, 1.807) is 4.68 Å². The van der Waals surface area contributed by atoms with E-state index in [0.29, 0.717) is 0 Å². The molecule has 1 heterocycles. The predicted molar refractivity (Wildman–Crippen MR) is 39.9 cm³/mol. The second-order valence-corrected chi connectivity index (χ2v) is 2.08. The molecule has 0 aliphatic carbocycles. The summed E-state index contributed by atoms with van der Waals surface area (Å²) in [6.07, 6.45) is 0.884. The van der Waals surface area contributed by atoms with E-state index in [1.165, 1.54) is 0 Å². The molecular weight excluding hydrogens is 128 g/mol. The van der Waals surface area contributed by atoms with Crippen LogP contribution in [0.2, 0.25) is 0 Å². The highest BCUT2D eigenvalue weighted by Crippen LogP contribution is 2.00. The molecule has 0 spiro atoms. The van der Waals surface area contributed by atoms with E-state index >= 15 is 0 Å². The molecular formula is C6H12N4. The van der Waals surface area contributed by atoms with Crippen LogP contribution in [0.3, 0.4) is 0 Å². The predicted octanol–water partition coefficient (Wildman–Crippen LogP) is 0.419. The van der Waals surface area contributed by atoms with Crippen LogP contribution in [0.4, 0.5) is 5.95 Å². The molecule has 1 N–H and O–H groups in total. The number of nitrogens with one attached hydrogen (secondary N) is 1. The lowest BCUT2D eigenvalue weighted by Crippen LogP contribution is -1.98. The Hall–Kier alpha value is -1.06. The van der Waals surface area contributed by atoms with Crippen molar-refractivity contribution in [1.82, 2.24) is 14.8 Å². The lowest BCUT2D eigenvalue weighted by molar-refractivity contribution is 0.752. The second-order valence-electron chi connectivity index (χ2n) is 2.08. The maximum atomic E-state index is 4.19. The first-order valence-electron chi connectivity index (χ1n) is 3.35. The average Bonchev–Trinajstić information content (AvgIpc) is 2.30. The van der Waals surface area contributed by atoms with E-state index in [4.69, 9.17) is 0 Å². The third-order valence-corrected chi connectivity index (χ3v) is 1.35. The van der Waals surface area contributed by atoms with Crippen molar-refractivity contribution in [2.24, 2.45) is 7.05 Å². The minimum Gasteiger partial charge on any atom is -0.358 e. The summed E-state index contributed by atoms with van der Waals surface area (Å²) in [5, 5.41) is 7.08. The molecule has 56 valence electrons. The van der Waals surface area contributed by atoms with Gasteiger partial charge in [-0.3, -0.25) is 0 Å². The summed E-state index contributed by atoms with van der Waals surface area (Å²) in [7, 11) is 3.71. The number of rotatable bonds is 2. The Morgan fingerprint density at radius 3 is 2.60 bits per heavy atom. The first-order chi connectivity index (χ1) is 4.77. The van der Waals surface area contributed by atoms with Gasteiger partial charge < -0.3 is 5.32 Å². The number of anilines is 1. The zero-order chi connectivity index (χ0) is 7.56. The Balaban J connectivity index is 2.92. The van der Waals surface area contributed by atoms with Crippen LogP contribution in [-0.4, -0.2) is 21.8 Å². The van der Waals surface area contributed by atoms with Gasteiger partial charge in [0.15, 0.2) is 5.82 Å². The minimum atomic E-state index is 0.817. The summed E-state index contributed by atoms with van der Waals surface area (Å²) in [4.78, 5) is 4.19. The topological polar surface area (TPSA) is 42.7 Å². The smallest absolute Gasteiger partial charge is 0.220 e. The Bertz CT molecular complexity index is 216. The number of nitrogens with zero attached hydrogens (tertiary/aromatic N) is 3. The van der Waals surface area contributed by atoms with Gasteiger partial charge in [0.25, 0.3) is 0 Å². The molecule has 0 aliphatic rings. The van der Waals surface area contributed by atoms with Gasteiger partial charge in [-0.1, -0.05) is 6.92 Å². The van der Waals surface area contributed by atoms with Gasteiger partial charge in [-0.25, -0.2) is 4.68 Å². The van der Waals surface area contributed by atoms with E-state index < -0.39 is 0 Å². The number of hydrogen-bond acceptors (Lipinski definition) is 3. The van der Waals surface area contributed by atoms with Crippen molar-refractivity contribution < 1.29 is 0 Å². The summed E-state index contributed by atoms with van der Waals surface area (Å²) in [5.41, 5.74) is 0. The van der Waals surface area contributed by atoms with Crippen molar-refractivity contribution in [3.05, 3.63) is 5.82 Å². The monoisotopic (exact) mass is 140 g/mol. The lowest BCUT2D eigenvalue weighted by atomic mass is 10.5. The largest absolute Gasteiger partial charge is 0.358 e. The Kier molecular flexibility index (Phi) is 1.89. The Labute approximate surface area is 60.3 Å². The minimum absolute atomic E-state index is 0.817. The van der Waals surface area contributed by atoms with Gasteiger partial charge in [0, 0.05) is 20.5 Å². The summed E-state index contributed by atoms with van der Waals surface area (Å²) in [6, 6.07) is 0. The van der Waals surface area contributed by atoms with Crippen molar-refractivity contribution in [3.8, 4) is 0 Å². The molecule has 0 atom stereocenters. The van der Waals surface area contributed by atoms with Crippen LogP contribution < -0.4 is 5.32 Å². The van der Waals surface area contributed by atoms with Crippen molar-refractivity contribution in [1.29, 1.82) is 0 Å². The van der Waals surface area contributed by atoms with E-state index in [1.807, 2.05) is 21.0 Å². The van der Waals surface area contributed by atoms with Crippen LogP contribution in [0.5, 0.6) is 0 Å². The number of hydrogen-bond donors (Lipinski definition) is 1. The van der Waals surface area contributed by atoms with E-state index in [0.717, 1.165) is 18.2 Å². The van der Waals surface area contributed by atoms with Crippen LogP contribution in [0.25, 0.3) is 0 Å². The SMILES string of the molecule is CCc1nc(NC)n(C)n1. The number of aromatic nitrogens is 3. The summed E-state index contributed by atoms with van der Waals surface area (Å²) >= 11 is 0. The van der Waals surface area contributed by atoms with Gasteiger partial charge in [0.05, 0.1) is 0 Å². The maximum Gasteiger partial charge on any atom is 0.220 e. The fourth-order valence-corrected chi connectivity index (χ4v) is 0.805. The summed E-state index contributed by atoms with van der Waals surface area (Å²) in [5.74, 6) is 1.70. The molecule has 0 aliphatic heterocycles. The molecule has 0 bridgehead atoms. The van der Waals surface area contributed by atoms with Crippen molar-refractivity contribution in [3.63, 3.8) is 0 Å². The summed E-state index contributed by atoms with van der Waals surface area (Å²) < 4.78 is 1.73. The van der Waals surface area contributed by atoms with Crippen LogP contribution in [0.1, 0.15) is 12.7 Å². The molecule has 4 nitrogen and oxygen atoms in total. The molecule has 0 saturated heterocycles. The molecule has 1 rings (SSSR count). The second kappa shape index (κ2) is 2.68. The van der Waals surface area contributed by atoms with Gasteiger partial charge in [-0.15, -0.1) is 0 Å². The van der Waals surface area contributed by atoms with Crippen molar-refractivity contribution >= 4 is 5.95 Å². The normalized spacial score (nSPS) is 9.90. The summed E-state index contributed by atoms with van der Waals surface area (Å²) in [6.45, 7) is 2.04. The highest BCUT2D eigenvalue weighted by molar-refractivity contribution is 5.22. The molecule has 0 radical (unpaired) electrons. The molecule has 0 saturated carbocycles. The third kappa shape index (κ3) is 1.10. The van der Waals surface area contributed by atoms with E-state index in [9.17, 15) is 0 Å². The molecule has 0 amide bonds. The quantitative estimate of drug-likeness (QED) is 0.647. The van der Waals surface area contributed by atoms with Crippen LogP contribution in [0, 0.1) is 0 Å². The molecule has 1 aromatic heterocycles. The highest BCUT2D eigenvalue weighted by atomic mass is 15.4. The Morgan fingerprint density at radius 1 is 1.60 bits per heavy atom. The van der Waals surface area contributed by atoms with Crippen LogP contribution >= 0.6 is 0 Å². The van der Waals surface area contributed by atoms with E-state index in [-0.39, 0.29) is 0 Å². The maximum absolute atomic E-state index is 4.19. The zero-order valence-electron chi connectivity index (χ0n) is 6.55. The molecule has 0 unspecified atom stereocenters. The first kappa shape index (κ1) is 7.05. The molecule has 10 heavy (non-hydrogen) atoms. The van der Waals surface area contributed by atoms with Gasteiger partial charge in [-0.05, 0) is 0 Å². The van der Waals surface area contributed by atoms with E-state index in [2.05, 4.69) is 15.4 Å². The van der Waals surface area contributed by atoms with Crippen LogP contribution in [0.15, 0.2) is 0 Å². The molecule has 1 aromatic rings. The third-order valence-electron chi connectivity index (χ3n) is 1.35. The number of aryl methyl sites for hydroxylation is 2. The standard InChI is InChI=1S/C6H12N4/c1-4-5-8-6(7-2)10(3)9-5/h4H2,1-3H3,(H,7,8,9). The van der Waals surface area contributed by atoms with Crippen molar-refractivity contribution in [2.75, 3.05) is 12.4 Å². The fourth-order valence-electron chi connectivity index (χ4n) is 0.805. The van der Waals surface area contributed by atoms with Gasteiger partial charge >= 0.3 is 0 Å². The van der Waals surface area contributed by atoms with Gasteiger partial charge in [0.1, 0.15) is 0 Å². The Morgan fingerprint density at radius 2 is 2.30 bits per heavy atom. The molecule has 0 aromatic carbocycles. The van der Waals surface area contributed by atoms with Crippen molar-refractivity contribution in [2.45, 2.75) is 13.3 Å². The fraction of sp³-hybridized carbons (Fsp3) is 0.667. The van der Waals surface area contributed by atoms with Gasteiger partial charge in [-0.2, -0.15) is 10.1 Å².